The molecule has 0 saturated carbocycles. The lowest BCUT2D eigenvalue weighted by Crippen LogP contribution is -2.02. The Hall–Kier alpha value is -1.84. The van der Waals surface area contributed by atoms with Crippen LogP contribution in [0.25, 0.3) is 5.52 Å². The maximum Gasteiger partial charge on any atom is 0.339 e. The Labute approximate surface area is 74.8 Å². The highest BCUT2D eigenvalue weighted by Crippen LogP contribution is 2.06. The molecule has 2 rings (SSSR count). The topological polar surface area (TPSA) is 43.6 Å². The average Bonchev–Trinajstić information content (AvgIpc) is 2.63. The lowest BCUT2D eigenvalue weighted by atomic mass is 10.3. The number of hydrogen-bond donors (Lipinski definition) is 0. The van der Waals surface area contributed by atoms with Gasteiger partial charge in [-0.15, -0.1) is 0 Å². The van der Waals surface area contributed by atoms with Gasteiger partial charge in [0.25, 0.3) is 0 Å². The lowest BCUT2D eigenvalue weighted by Gasteiger charge is -1.99. The second kappa shape index (κ2) is 2.90. The summed E-state index contributed by atoms with van der Waals surface area (Å²) in [6.07, 6.45) is 5.05. The molecule has 0 fully saturated rings. The summed E-state index contributed by atoms with van der Waals surface area (Å²) in [5, 5.41) is 0. The first-order valence-electron chi connectivity index (χ1n) is 3.81. The predicted octanol–water partition coefficient (Wildman–Crippen LogP) is 1.12. The van der Waals surface area contributed by atoms with E-state index >= 15 is 0 Å². The number of nitrogens with zero attached hydrogens (tertiary/aromatic N) is 2. The third-order valence-electron chi connectivity index (χ3n) is 1.83. The summed E-state index contributed by atoms with van der Waals surface area (Å²) in [5.74, 6) is -0.337. The molecule has 4 heteroatoms. The first-order valence-corrected chi connectivity index (χ1v) is 3.81. The number of pyridine rings is 1. The summed E-state index contributed by atoms with van der Waals surface area (Å²) < 4.78 is 6.36. The zero-order valence-electron chi connectivity index (χ0n) is 7.10. The smallest absolute Gasteiger partial charge is 0.339 e. The van der Waals surface area contributed by atoms with E-state index in [0.717, 1.165) is 5.52 Å². The molecule has 2 aromatic heterocycles. The van der Waals surface area contributed by atoms with E-state index in [1.807, 2.05) is 6.07 Å². The molecule has 0 spiro atoms. The van der Waals surface area contributed by atoms with Gasteiger partial charge < -0.3 is 9.14 Å². The monoisotopic (exact) mass is 176 g/mol. The van der Waals surface area contributed by atoms with Gasteiger partial charge in [0, 0.05) is 6.20 Å². The van der Waals surface area contributed by atoms with Crippen LogP contribution in [0, 0.1) is 0 Å². The van der Waals surface area contributed by atoms with Crippen LogP contribution >= 0.6 is 0 Å². The Morgan fingerprint density at radius 1 is 1.54 bits per heavy atom. The second-order valence-electron chi connectivity index (χ2n) is 2.64. The fourth-order valence-corrected chi connectivity index (χ4v) is 1.16. The van der Waals surface area contributed by atoms with E-state index in [-0.39, 0.29) is 5.97 Å². The minimum absolute atomic E-state index is 0.337. The molecule has 0 bridgehead atoms. The van der Waals surface area contributed by atoms with E-state index < -0.39 is 0 Å². The highest BCUT2D eigenvalue weighted by molar-refractivity contribution is 5.89. The van der Waals surface area contributed by atoms with E-state index in [1.54, 1.807) is 29.2 Å². The summed E-state index contributed by atoms with van der Waals surface area (Å²) >= 11 is 0. The van der Waals surface area contributed by atoms with E-state index in [9.17, 15) is 4.79 Å². The van der Waals surface area contributed by atoms with Gasteiger partial charge in [0.05, 0.1) is 30.7 Å². The van der Waals surface area contributed by atoms with Crippen molar-refractivity contribution in [3.8, 4) is 0 Å². The zero-order valence-corrected chi connectivity index (χ0v) is 7.10. The van der Waals surface area contributed by atoms with E-state index in [4.69, 9.17) is 0 Å². The van der Waals surface area contributed by atoms with Crippen molar-refractivity contribution < 1.29 is 9.53 Å². The summed E-state index contributed by atoms with van der Waals surface area (Å²) in [6, 6.07) is 3.53. The summed E-state index contributed by atoms with van der Waals surface area (Å²) in [5.41, 5.74) is 1.47. The summed E-state index contributed by atoms with van der Waals surface area (Å²) in [4.78, 5) is 15.1. The van der Waals surface area contributed by atoms with Crippen LogP contribution in [0.5, 0.6) is 0 Å². The van der Waals surface area contributed by atoms with Crippen LogP contribution in [0.15, 0.2) is 30.9 Å². The van der Waals surface area contributed by atoms with Crippen molar-refractivity contribution in [2.75, 3.05) is 7.11 Å². The number of esters is 1. The van der Waals surface area contributed by atoms with Crippen LogP contribution in [-0.2, 0) is 4.74 Å². The average molecular weight is 176 g/mol. The van der Waals surface area contributed by atoms with E-state index in [1.165, 1.54) is 7.11 Å². The van der Waals surface area contributed by atoms with Crippen molar-refractivity contribution in [2.24, 2.45) is 0 Å². The van der Waals surface area contributed by atoms with Gasteiger partial charge in [0.2, 0.25) is 0 Å². The molecule has 0 radical (unpaired) electrons. The fourth-order valence-electron chi connectivity index (χ4n) is 1.16. The molecule has 2 heterocycles. The Bertz CT molecular complexity index is 448. The zero-order chi connectivity index (χ0) is 9.26. The molecule has 0 amide bonds. The number of imidazole rings is 1. The SMILES string of the molecule is COC(=O)c1ccc2cncn2c1. The maximum atomic E-state index is 11.1. The molecule has 4 nitrogen and oxygen atoms in total. The van der Waals surface area contributed by atoms with Crippen LogP contribution in [0.4, 0.5) is 0 Å². The van der Waals surface area contributed by atoms with Gasteiger partial charge in [-0.1, -0.05) is 0 Å². The molecule has 0 aromatic carbocycles. The Morgan fingerprint density at radius 2 is 2.38 bits per heavy atom. The fraction of sp³-hybridized carbons (Fsp3) is 0.111. The van der Waals surface area contributed by atoms with Crippen LogP contribution in [-0.4, -0.2) is 22.5 Å². The van der Waals surface area contributed by atoms with Gasteiger partial charge >= 0.3 is 5.97 Å². The minimum atomic E-state index is -0.337. The molecule has 66 valence electrons. The van der Waals surface area contributed by atoms with Crippen molar-refractivity contribution >= 4 is 11.5 Å². The number of fused-ring (bicyclic) bond motifs is 1. The highest BCUT2D eigenvalue weighted by Gasteiger charge is 2.05. The van der Waals surface area contributed by atoms with Crippen LogP contribution < -0.4 is 0 Å². The molecular formula is C9H8N2O2. The number of ether oxygens (including phenoxy) is 1. The van der Waals surface area contributed by atoms with Crippen molar-refractivity contribution in [3.05, 3.63) is 36.4 Å². The summed E-state index contributed by atoms with van der Waals surface area (Å²) in [7, 11) is 1.36. The highest BCUT2D eigenvalue weighted by atomic mass is 16.5. The quantitative estimate of drug-likeness (QED) is 0.611. The Balaban J connectivity index is 2.54. The lowest BCUT2D eigenvalue weighted by molar-refractivity contribution is 0.0600. The molecule has 2 aromatic rings. The predicted molar refractivity (Wildman–Crippen MR) is 46.5 cm³/mol. The number of aromatic nitrogens is 2. The van der Waals surface area contributed by atoms with Crippen LogP contribution in [0.3, 0.4) is 0 Å². The normalized spacial score (nSPS) is 10.2. The minimum Gasteiger partial charge on any atom is -0.465 e. The van der Waals surface area contributed by atoms with Gasteiger partial charge in [0.1, 0.15) is 0 Å². The van der Waals surface area contributed by atoms with Crippen molar-refractivity contribution in [3.63, 3.8) is 0 Å². The Morgan fingerprint density at radius 3 is 3.15 bits per heavy atom. The number of hydrogen-bond acceptors (Lipinski definition) is 3. The number of methoxy groups -OCH3 is 1. The molecule has 0 aliphatic carbocycles. The largest absolute Gasteiger partial charge is 0.465 e. The molecule has 0 aliphatic rings. The molecule has 0 unspecified atom stereocenters. The van der Waals surface area contributed by atoms with E-state index in [2.05, 4.69) is 9.72 Å². The first kappa shape index (κ1) is 7.79. The van der Waals surface area contributed by atoms with Crippen molar-refractivity contribution in [2.45, 2.75) is 0 Å². The van der Waals surface area contributed by atoms with Crippen LogP contribution in [0.2, 0.25) is 0 Å². The van der Waals surface area contributed by atoms with Gasteiger partial charge in [-0.25, -0.2) is 9.78 Å². The molecule has 0 N–H and O–H groups in total. The molecule has 0 saturated heterocycles. The number of carbonyl (C=O) groups is 1. The molecule has 0 atom stereocenters. The van der Waals surface area contributed by atoms with Crippen molar-refractivity contribution in [1.82, 2.24) is 9.38 Å². The molecule has 0 aliphatic heterocycles. The van der Waals surface area contributed by atoms with Gasteiger partial charge in [-0.2, -0.15) is 0 Å². The van der Waals surface area contributed by atoms with Gasteiger partial charge in [0.15, 0.2) is 0 Å². The standard InChI is InChI=1S/C9H8N2O2/c1-13-9(12)7-2-3-8-4-10-6-11(8)5-7/h2-6H,1H3. The third-order valence-corrected chi connectivity index (χ3v) is 1.83. The molecule has 13 heavy (non-hydrogen) atoms. The molecular weight excluding hydrogens is 168 g/mol. The number of carbonyl (C=O) groups excluding carboxylic acids is 1. The number of rotatable bonds is 1. The summed E-state index contributed by atoms with van der Waals surface area (Å²) in [6.45, 7) is 0. The first-order chi connectivity index (χ1) is 6.31. The van der Waals surface area contributed by atoms with Crippen molar-refractivity contribution in [1.29, 1.82) is 0 Å². The van der Waals surface area contributed by atoms with Gasteiger partial charge in [-0.05, 0) is 12.1 Å². The van der Waals surface area contributed by atoms with Crippen LogP contribution in [0.1, 0.15) is 10.4 Å². The van der Waals surface area contributed by atoms with E-state index in [0.29, 0.717) is 5.56 Å². The third kappa shape index (κ3) is 1.26. The maximum absolute atomic E-state index is 11.1. The van der Waals surface area contributed by atoms with Gasteiger partial charge in [-0.3, -0.25) is 0 Å². The Kier molecular flexibility index (Phi) is 1.73. The second-order valence-corrected chi connectivity index (χ2v) is 2.64.